The Hall–Kier alpha value is -1.62. The second-order valence-electron chi connectivity index (χ2n) is 4.05. The molecule has 1 aromatic rings. The van der Waals surface area contributed by atoms with Crippen LogP contribution in [0.4, 0.5) is 15.8 Å². The number of nitrogens with two attached hydrogens (primary N) is 1. The van der Waals surface area contributed by atoms with E-state index < -0.39 is 5.82 Å². The zero-order valence-electron chi connectivity index (χ0n) is 10.00. The molecule has 0 heterocycles. The fourth-order valence-corrected chi connectivity index (χ4v) is 1.48. The largest absolute Gasteiger partial charge is 0.396 e. The third kappa shape index (κ3) is 4.40. The predicted octanol–water partition coefficient (Wildman–Crippen LogP) is 2.02. The first-order valence-corrected chi connectivity index (χ1v) is 5.36. The Kier molecular flexibility index (Phi) is 4.90. The number of amides is 1. The first kappa shape index (κ1) is 13.4. The minimum Gasteiger partial charge on any atom is -0.396 e. The summed E-state index contributed by atoms with van der Waals surface area (Å²) in [6.07, 6.45) is 0.333. The molecule has 0 bridgehead atoms. The Morgan fingerprint density at radius 3 is 2.88 bits per heavy atom. The monoisotopic (exact) mass is 240 g/mol. The number of ether oxygens (including phenoxy) is 1. The molecule has 0 saturated heterocycles. The number of methoxy groups -OCH3 is 1. The lowest BCUT2D eigenvalue weighted by Gasteiger charge is -2.10. The summed E-state index contributed by atoms with van der Waals surface area (Å²) in [6.45, 7) is 2.43. The Morgan fingerprint density at radius 2 is 2.29 bits per heavy atom. The molecule has 0 radical (unpaired) electrons. The average molecular weight is 240 g/mol. The summed E-state index contributed by atoms with van der Waals surface area (Å²) >= 11 is 0. The Balaban J connectivity index is 2.53. The topological polar surface area (TPSA) is 64.3 Å². The molecule has 0 saturated carbocycles. The zero-order valence-corrected chi connectivity index (χ0v) is 10.00. The molecule has 5 heteroatoms. The van der Waals surface area contributed by atoms with Gasteiger partial charge in [0.15, 0.2) is 0 Å². The van der Waals surface area contributed by atoms with Crippen molar-refractivity contribution in [1.29, 1.82) is 0 Å². The van der Waals surface area contributed by atoms with Crippen LogP contribution in [-0.2, 0) is 9.53 Å². The summed E-state index contributed by atoms with van der Waals surface area (Å²) in [5.41, 5.74) is 5.81. The van der Waals surface area contributed by atoms with Gasteiger partial charge >= 0.3 is 0 Å². The summed E-state index contributed by atoms with van der Waals surface area (Å²) in [6, 6.07) is 4.19. The van der Waals surface area contributed by atoms with Crippen molar-refractivity contribution in [3.8, 4) is 0 Å². The molecular weight excluding hydrogens is 223 g/mol. The number of halogens is 1. The maximum absolute atomic E-state index is 13.1. The third-order valence-electron chi connectivity index (χ3n) is 2.27. The lowest BCUT2D eigenvalue weighted by molar-refractivity contribution is -0.117. The Labute approximate surface area is 100.0 Å². The fraction of sp³-hybridized carbons (Fsp3) is 0.417. The van der Waals surface area contributed by atoms with Gasteiger partial charge in [0, 0.05) is 25.8 Å². The van der Waals surface area contributed by atoms with Crippen molar-refractivity contribution in [1.82, 2.24) is 0 Å². The van der Waals surface area contributed by atoms with Gasteiger partial charge in [-0.3, -0.25) is 4.79 Å². The number of hydrogen-bond acceptors (Lipinski definition) is 3. The molecular formula is C12H17FN2O2. The minimum atomic E-state index is -0.535. The van der Waals surface area contributed by atoms with Crippen molar-refractivity contribution < 1.29 is 13.9 Å². The number of anilines is 2. The number of nitrogens with one attached hydrogen (secondary N) is 1. The number of carbonyl (C=O) groups excluding carboxylic acids is 1. The molecule has 1 amide bonds. The van der Waals surface area contributed by atoms with Gasteiger partial charge in [-0.05, 0) is 24.1 Å². The molecule has 0 fully saturated rings. The van der Waals surface area contributed by atoms with Crippen LogP contribution in [0.2, 0.25) is 0 Å². The van der Waals surface area contributed by atoms with E-state index >= 15 is 0 Å². The van der Waals surface area contributed by atoms with Gasteiger partial charge in [0.05, 0.1) is 5.69 Å². The molecule has 17 heavy (non-hydrogen) atoms. The van der Waals surface area contributed by atoms with Crippen LogP contribution in [0.5, 0.6) is 0 Å². The highest BCUT2D eigenvalue weighted by Crippen LogP contribution is 2.16. The normalized spacial score (nSPS) is 12.2. The van der Waals surface area contributed by atoms with Crippen LogP contribution in [-0.4, -0.2) is 19.6 Å². The smallest absolute Gasteiger partial charge is 0.224 e. The Bertz CT molecular complexity index is 396. The van der Waals surface area contributed by atoms with E-state index in [1.807, 2.05) is 6.92 Å². The molecule has 1 aromatic carbocycles. The summed E-state index contributed by atoms with van der Waals surface area (Å²) in [7, 11) is 1.59. The quantitative estimate of drug-likeness (QED) is 0.774. The highest BCUT2D eigenvalue weighted by molar-refractivity contribution is 5.91. The van der Waals surface area contributed by atoms with Crippen LogP contribution in [0, 0.1) is 11.7 Å². The van der Waals surface area contributed by atoms with Crippen LogP contribution in [0.15, 0.2) is 18.2 Å². The number of carbonyl (C=O) groups is 1. The standard InChI is InChI=1S/C12H17FN2O2/c1-8(7-17-2)5-12(16)15-9-3-4-11(14)10(13)6-9/h3-4,6,8H,5,7,14H2,1-2H3,(H,15,16). The second kappa shape index (κ2) is 6.20. The molecule has 0 aromatic heterocycles. The maximum Gasteiger partial charge on any atom is 0.224 e. The van der Waals surface area contributed by atoms with Crippen molar-refractivity contribution in [2.24, 2.45) is 5.92 Å². The van der Waals surface area contributed by atoms with Gasteiger partial charge in [0.1, 0.15) is 5.82 Å². The second-order valence-corrected chi connectivity index (χ2v) is 4.05. The first-order chi connectivity index (χ1) is 8.02. The summed E-state index contributed by atoms with van der Waals surface area (Å²) in [4.78, 5) is 11.6. The number of nitrogen functional groups attached to an aromatic ring is 1. The van der Waals surface area contributed by atoms with Gasteiger partial charge in [0.2, 0.25) is 5.91 Å². The molecule has 1 rings (SSSR count). The van der Waals surface area contributed by atoms with Gasteiger partial charge in [-0.1, -0.05) is 6.92 Å². The summed E-state index contributed by atoms with van der Waals surface area (Å²) in [5, 5.41) is 2.61. The van der Waals surface area contributed by atoms with Crippen molar-refractivity contribution in [2.75, 3.05) is 24.8 Å². The van der Waals surface area contributed by atoms with Crippen molar-refractivity contribution in [3.05, 3.63) is 24.0 Å². The van der Waals surface area contributed by atoms with Crippen LogP contribution in [0.1, 0.15) is 13.3 Å². The van der Waals surface area contributed by atoms with Crippen LogP contribution in [0.25, 0.3) is 0 Å². The molecule has 94 valence electrons. The van der Waals surface area contributed by atoms with Crippen molar-refractivity contribution in [3.63, 3.8) is 0 Å². The number of rotatable bonds is 5. The highest BCUT2D eigenvalue weighted by Gasteiger charge is 2.09. The van der Waals surface area contributed by atoms with Gasteiger partial charge in [-0.15, -0.1) is 0 Å². The van der Waals surface area contributed by atoms with E-state index in [1.54, 1.807) is 13.2 Å². The molecule has 4 nitrogen and oxygen atoms in total. The van der Waals surface area contributed by atoms with Gasteiger partial charge < -0.3 is 15.8 Å². The lowest BCUT2D eigenvalue weighted by atomic mass is 10.1. The Morgan fingerprint density at radius 1 is 1.59 bits per heavy atom. The summed E-state index contributed by atoms with van der Waals surface area (Å²) in [5.74, 6) is -0.579. The van der Waals surface area contributed by atoms with E-state index in [9.17, 15) is 9.18 Å². The SMILES string of the molecule is COCC(C)CC(=O)Nc1ccc(N)c(F)c1. The molecule has 0 aliphatic heterocycles. The van der Waals surface area contributed by atoms with Crippen LogP contribution < -0.4 is 11.1 Å². The molecule has 0 aliphatic carbocycles. The maximum atomic E-state index is 13.1. The van der Waals surface area contributed by atoms with E-state index in [4.69, 9.17) is 10.5 Å². The number of benzene rings is 1. The fourth-order valence-electron chi connectivity index (χ4n) is 1.48. The van der Waals surface area contributed by atoms with Crippen molar-refractivity contribution >= 4 is 17.3 Å². The van der Waals surface area contributed by atoms with Crippen molar-refractivity contribution in [2.45, 2.75) is 13.3 Å². The molecule has 1 unspecified atom stereocenters. The highest BCUT2D eigenvalue weighted by atomic mass is 19.1. The van der Waals surface area contributed by atoms with Gasteiger partial charge in [0.25, 0.3) is 0 Å². The lowest BCUT2D eigenvalue weighted by Crippen LogP contribution is -2.17. The average Bonchev–Trinajstić information content (AvgIpc) is 2.23. The molecule has 1 atom stereocenters. The third-order valence-corrected chi connectivity index (χ3v) is 2.27. The van der Waals surface area contributed by atoms with Crippen LogP contribution in [0.3, 0.4) is 0 Å². The number of hydrogen-bond donors (Lipinski definition) is 2. The zero-order chi connectivity index (χ0) is 12.8. The van der Waals surface area contributed by atoms with E-state index in [1.165, 1.54) is 12.1 Å². The van der Waals surface area contributed by atoms with Crippen LogP contribution >= 0.6 is 0 Å². The summed E-state index contributed by atoms with van der Waals surface area (Å²) < 4.78 is 18.0. The first-order valence-electron chi connectivity index (χ1n) is 5.36. The van der Waals surface area contributed by atoms with E-state index in [2.05, 4.69) is 5.32 Å². The molecule has 3 N–H and O–H groups in total. The predicted molar refractivity (Wildman–Crippen MR) is 65.1 cm³/mol. The van der Waals surface area contributed by atoms with Gasteiger partial charge in [-0.25, -0.2) is 4.39 Å². The van der Waals surface area contributed by atoms with E-state index in [0.29, 0.717) is 18.7 Å². The van der Waals surface area contributed by atoms with E-state index in [0.717, 1.165) is 0 Å². The van der Waals surface area contributed by atoms with E-state index in [-0.39, 0.29) is 17.5 Å². The molecule has 0 spiro atoms. The minimum absolute atomic E-state index is 0.0655. The molecule has 0 aliphatic rings. The van der Waals surface area contributed by atoms with Gasteiger partial charge in [-0.2, -0.15) is 0 Å².